The number of rotatable bonds is 2. The van der Waals surface area contributed by atoms with Gasteiger partial charge in [-0.3, -0.25) is 0 Å². The van der Waals surface area contributed by atoms with Crippen molar-refractivity contribution in [2.45, 2.75) is 31.2 Å². The molecule has 1 nitrogen and oxygen atoms in total. The second-order valence-corrected chi connectivity index (χ2v) is 5.27. The second kappa shape index (κ2) is 3.80. The summed E-state index contributed by atoms with van der Waals surface area (Å²) < 4.78 is 0. The van der Waals surface area contributed by atoms with E-state index in [1.807, 2.05) is 12.1 Å². The van der Waals surface area contributed by atoms with Crippen molar-refractivity contribution < 1.29 is 0 Å². The van der Waals surface area contributed by atoms with Crippen molar-refractivity contribution in [3.05, 3.63) is 34.9 Å². The van der Waals surface area contributed by atoms with Crippen molar-refractivity contribution in [3.8, 4) is 0 Å². The van der Waals surface area contributed by atoms with Crippen LogP contribution in [0.2, 0.25) is 5.02 Å². The summed E-state index contributed by atoms with van der Waals surface area (Å²) in [6, 6.07) is 9.13. The Morgan fingerprint density at radius 2 is 1.87 bits per heavy atom. The lowest BCUT2D eigenvalue weighted by atomic mass is 9.95. The van der Waals surface area contributed by atoms with Gasteiger partial charge in [0.2, 0.25) is 0 Å². The van der Waals surface area contributed by atoms with E-state index in [4.69, 9.17) is 11.6 Å². The van der Waals surface area contributed by atoms with Crippen LogP contribution in [0.1, 0.15) is 30.7 Å². The minimum absolute atomic E-state index is 0.702. The van der Waals surface area contributed by atoms with E-state index in [9.17, 15) is 0 Å². The van der Waals surface area contributed by atoms with Gasteiger partial charge in [0.1, 0.15) is 0 Å². The van der Waals surface area contributed by atoms with Crippen molar-refractivity contribution >= 4 is 11.6 Å². The smallest absolute Gasteiger partial charge is 0.0406 e. The van der Waals surface area contributed by atoms with Crippen molar-refractivity contribution in [1.29, 1.82) is 0 Å². The first-order valence-electron chi connectivity index (χ1n) is 5.82. The first-order chi connectivity index (χ1) is 7.33. The predicted molar refractivity (Wildman–Crippen MR) is 63.3 cm³/mol. The van der Waals surface area contributed by atoms with E-state index in [2.05, 4.69) is 17.4 Å². The Balaban J connectivity index is 1.70. The highest BCUT2D eigenvalue weighted by molar-refractivity contribution is 6.30. The second-order valence-electron chi connectivity index (χ2n) is 4.84. The van der Waals surface area contributed by atoms with Gasteiger partial charge in [-0.2, -0.15) is 0 Å². The van der Waals surface area contributed by atoms with Gasteiger partial charge in [0.05, 0.1) is 0 Å². The third kappa shape index (κ3) is 2.04. The monoisotopic (exact) mass is 221 g/mol. The molecule has 0 spiro atoms. The summed E-state index contributed by atoms with van der Waals surface area (Å²) in [7, 11) is 0. The van der Waals surface area contributed by atoms with Gasteiger partial charge in [-0.05, 0) is 48.8 Å². The fraction of sp³-hybridized carbons (Fsp3) is 0.538. The lowest BCUT2D eigenvalue weighted by Crippen LogP contribution is -2.22. The fourth-order valence-electron chi connectivity index (χ4n) is 2.61. The van der Waals surface area contributed by atoms with E-state index in [-0.39, 0.29) is 0 Å². The van der Waals surface area contributed by atoms with Gasteiger partial charge in [-0.25, -0.2) is 0 Å². The van der Waals surface area contributed by atoms with E-state index >= 15 is 0 Å². The van der Waals surface area contributed by atoms with Gasteiger partial charge in [0.15, 0.2) is 0 Å². The van der Waals surface area contributed by atoms with Crippen molar-refractivity contribution in [1.82, 2.24) is 5.32 Å². The standard InChI is InChI=1S/C13H16ClN/c14-12-5-3-9(4-6-12)11-7-13(15-8-11)10-1-2-10/h3-6,10-11,13,15H,1-2,7-8H2/t11-,13-/m1/s1. The molecule has 3 rings (SSSR count). The average molecular weight is 222 g/mol. The van der Waals surface area contributed by atoms with E-state index < -0.39 is 0 Å². The van der Waals surface area contributed by atoms with Gasteiger partial charge >= 0.3 is 0 Å². The van der Waals surface area contributed by atoms with Gasteiger partial charge in [0, 0.05) is 17.6 Å². The maximum Gasteiger partial charge on any atom is 0.0406 e. The molecule has 2 atom stereocenters. The normalized spacial score (nSPS) is 30.7. The third-order valence-electron chi connectivity index (χ3n) is 3.70. The molecule has 0 radical (unpaired) electrons. The Bertz CT molecular complexity index is 342. The van der Waals surface area contributed by atoms with Crippen LogP contribution in [0.3, 0.4) is 0 Å². The Morgan fingerprint density at radius 1 is 1.13 bits per heavy atom. The molecule has 1 aromatic rings. The Hall–Kier alpha value is -0.530. The van der Waals surface area contributed by atoms with E-state index in [0.717, 1.165) is 23.5 Å². The number of hydrogen-bond acceptors (Lipinski definition) is 1. The quantitative estimate of drug-likeness (QED) is 0.809. The molecular weight excluding hydrogens is 206 g/mol. The van der Waals surface area contributed by atoms with Crippen molar-refractivity contribution in [3.63, 3.8) is 0 Å². The maximum atomic E-state index is 5.89. The molecule has 2 aliphatic rings. The number of halogens is 1. The zero-order valence-corrected chi connectivity index (χ0v) is 9.50. The minimum Gasteiger partial charge on any atom is -0.313 e. The van der Waals surface area contributed by atoms with E-state index in [1.165, 1.54) is 24.8 Å². The molecule has 1 aromatic carbocycles. The topological polar surface area (TPSA) is 12.0 Å². The first kappa shape index (κ1) is 9.68. The van der Waals surface area contributed by atoms with Crippen LogP contribution in [0.4, 0.5) is 0 Å². The molecule has 1 saturated heterocycles. The summed E-state index contributed by atoms with van der Waals surface area (Å²) in [5.74, 6) is 1.68. The molecule has 1 N–H and O–H groups in total. The molecule has 1 heterocycles. The van der Waals surface area contributed by atoms with Gasteiger partial charge in [-0.15, -0.1) is 0 Å². The zero-order valence-electron chi connectivity index (χ0n) is 8.75. The molecule has 0 aromatic heterocycles. The molecule has 1 aliphatic carbocycles. The molecule has 2 heteroatoms. The summed E-state index contributed by atoms with van der Waals surface area (Å²) in [6.45, 7) is 1.14. The van der Waals surface area contributed by atoms with E-state index in [1.54, 1.807) is 0 Å². The number of nitrogens with one attached hydrogen (secondary N) is 1. The fourth-order valence-corrected chi connectivity index (χ4v) is 2.74. The number of benzene rings is 1. The summed E-state index contributed by atoms with van der Waals surface area (Å²) >= 11 is 5.89. The molecule has 0 bridgehead atoms. The summed E-state index contributed by atoms with van der Waals surface area (Å²) in [6.07, 6.45) is 4.18. The number of hydrogen-bond donors (Lipinski definition) is 1. The first-order valence-corrected chi connectivity index (χ1v) is 6.19. The van der Waals surface area contributed by atoms with Crippen molar-refractivity contribution in [2.24, 2.45) is 5.92 Å². The average Bonchev–Trinajstić information content (AvgIpc) is 2.99. The molecule has 15 heavy (non-hydrogen) atoms. The van der Waals surface area contributed by atoms with E-state index in [0.29, 0.717) is 5.92 Å². The van der Waals surface area contributed by atoms with Crippen molar-refractivity contribution in [2.75, 3.05) is 6.54 Å². The summed E-state index contributed by atoms with van der Waals surface area (Å²) in [4.78, 5) is 0. The molecule has 0 unspecified atom stereocenters. The summed E-state index contributed by atoms with van der Waals surface area (Å²) in [5.41, 5.74) is 1.44. The molecule has 0 amide bonds. The Kier molecular flexibility index (Phi) is 2.45. The largest absolute Gasteiger partial charge is 0.313 e. The minimum atomic E-state index is 0.702. The highest BCUT2D eigenvalue weighted by Gasteiger charge is 2.36. The molecule has 1 aliphatic heterocycles. The van der Waals surface area contributed by atoms with Gasteiger partial charge in [0.25, 0.3) is 0 Å². The van der Waals surface area contributed by atoms with Gasteiger partial charge in [-0.1, -0.05) is 23.7 Å². The molecular formula is C13H16ClN. The molecule has 1 saturated carbocycles. The maximum absolute atomic E-state index is 5.89. The highest BCUT2D eigenvalue weighted by atomic mass is 35.5. The van der Waals surface area contributed by atoms with Crippen LogP contribution < -0.4 is 5.32 Å². The van der Waals surface area contributed by atoms with Crippen LogP contribution in [-0.2, 0) is 0 Å². The third-order valence-corrected chi connectivity index (χ3v) is 3.95. The summed E-state index contributed by atoms with van der Waals surface area (Å²) in [5, 5.41) is 4.49. The van der Waals surface area contributed by atoms with Crippen LogP contribution >= 0.6 is 11.6 Å². The highest BCUT2D eigenvalue weighted by Crippen LogP contribution is 2.39. The van der Waals surface area contributed by atoms with Crippen LogP contribution in [0.25, 0.3) is 0 Å². The van der Waals surface area contributed by atoms with Crippen LogP contribution in [0.15, 0.2) is 24.3 Å². The lowest BCUT2D eigenvalue weighted by molar-refractivity contribution is 0.535. The molecule has 80 valence electrons. The molecule has 2 fully saturated rings. The van der Waals surface area contributed by atoms with Crippen LogP contribution in [0, 0.1) is 5.92 Å². The predicted octanol–water partition coefficient (Wildman–Crippen LogP) is 3.20. The Labute approximate surface area is 95.8 Å². The lowest BCUT2D eigenvalue weighted by Gasteiger charge is -2.09. The SMILES string of the molecule is Clc1ccc([C@H]2CN[C@@H](C3CC3)C2)cc1. The van der Waals surface area contributed by atoms with Crippen LogP contribution in [-0.4, -0.2) is 12.6 Å². The van der Waals surface area contributed by atoms with Gasteiger partial charge < -0.3 is 5.32 Å². The zero-order chi connectivity index (χ0) is 10.3. The van der Waals surface area contributed by atoms with Crippen LogP contribution in [0.5, 0.6) is 0 Å². The Morgan fingerprint density at radius 3 is 2.53 bits per heavy atom.